The lowest BCUT2D eigenvalue weighted by molar-refractivity contribution is -0.139. The Hall–Kier alpha value is -1.33. The van der Waals surface area contributed by atoms with Gasteiger partial charge in [-0.2, -0.15) is 0 Å². The quantitative estimate of drug-likeness (QED) is 0.674. The fourth-order valence-electron chi connectivity index (χ4n) is 4.01. The molecule has 2 unspecified atom stereocenters. The van der Waals surface area contributed by atoms with Crippen molar-refractivity contribution >= 4 is 23.6 Å². The highest BCUT2D eigenvalue weighted by molar-refractivity contribution is 7.99. The maximum Gasteiger partial charge on any atom is 0.236 e. The second-order valence-corrected chi connectivity index (χ2v) is 7.04. The Balaban J connectivity index is 1.91. The number of hydrogen-bond donors (Lipinski definition) is 0. The summed E-state index contributed by atoms with van der Waals surface area (Å²) in [6, 6.07) is 8.31. The predicted octanol–water partition coefficient (Wildman–Crippen LogP) is 1.26. The lowest BCUT2D eigenvalue weighted by Gasteiger charge is -2.36. The zero-order chi connectivity index (χ0) is 14.1. The maximum atomic E-state index is 12.6. The maximum absolute atomic E-state index is 12.6. The van der Waals surface area contributed by atoms with E-state index in [0.717, 1.165) is 5.75 Å². The molecule has 104 valence electrons. The third-order valence-electron chi connectivity index (χ3n) is 4.96. The van der Waals surface area contributed by atoms with Gasteiger partial charge < -0.3 is 0 Å². The third-order valence-corrected chi connectivity index (χ3v) is 6.64. The SMILES string of the molecule is CN1C(=O)C2CN(C)[C@]3(SCc4ccccc43)C2C1=O. The Labute approximate surface area is 122 Å². The van der Waals surface area contributed by atoms with Crippen LogP contribution < -0.4 is 0 Å². The molecule has 4 rings (SSSR count). The highest BCUT2D eigenvalue weighted by Crippen LogP contribution is 2.60. The first-order chi connectivity index (χ1) is 9.57. The lowest BCUT2D eigenvalue weighted by atomic mass is 9.86. The Morgan fingerprint density at radius 3 is 2.75 bits per heavy atom. The van der Waals surface area contributed by atoms with Crippen LogP contribution in [0.2, 0.25) is 0 Å². The molecule has 20 heavy (non-hydrogen) atoms. The molecule has 2 fully saturated rings. The Bertz CT molecular complexity index is 632. The number of rotatable bonds is 0. The van der Waals surface area contributed by atoms with Gasteiger partial charge in [-0.25, -0.2) is 0 Å². The highest BCUT2D eigenvalue weighted by atomic mass is 32.2. The molecule has 0 aliphatic carbocycles. The summed E-state index contributed by atoms with van der Waals surface area (Å²) in [5, 5.41) is 0. The summed E-state index contributed by atoms with van der Waals surface area (Å²) in [7, 11) is 3.65. The summed E-state index contributed by atoms with van der Waals surface area (Å²) in [6.07, 6.45) is 0. The first-order valence-electron chi connectivity index (χ1n) is 6.82. The second kappa shape index (κ2) is 3.86. The molecule has 0 aromatic heterocycles. The average molecular weight is 288 g/mol. The van der Waals surface area contributed by atoms with Gasteiger partial charge in [-0.3, -0.25) is 19.4 Å². The standard InChI is InChI=1S/C15H16N2O2S/c1-16-7-10-12(14(19)17(2)13(10)18)15(16)11-6-4-3-5-9(11)8-20-15/h3-6,10,12H,7-8H2,1-2H3/t10?,12?,15-/m1/s1. The van der Waals surface area contributed by atoms with Crippen LogP contribution in [0, 0.1) is 11.8 Å². The number of fused-ring (bicyclic) bond motifs is 4. The van der Waals surface area contributed by atoms with Crippen LogP contribution in [0.25, 0.3) is 0 Å². The van der Waals surface area contributed by atoms with E-state index in [2.05, 4.69) is 17.0 Å². The van der Waals surface area contributed by atoms with Crippen molar-refractivity contribution in [2.75, 3.05) is 20.6 Å². The van der Waals surface area contributed by atoms with Crippen LogP contribution in [-0.2, 0) is 20.2 Å². The molecule has 0 N–H and O–H groups in total. The lowest BCUT2D eigenvalue weighted by Crippen LogP contribution is -2.43. The molecular weight excluding hydrogens is 272 g/mol. The number of carbonyl (C=O) groups excluding carboxylic acids is 2. The molecule has 0 saturated carbocycles. The first kappa shape index (κ1) is 12.4. The van der Waals surface area contributed by atoms with Gasteiger partial charge in [-0.15, -0.1) is 11.8 Å². The number of carbonyl (C=O) groups is 2. The van der Waals surface area contributed by atoms with Crippen molar-refractivity contribution < 1.29 is 9.59 Å². The van der Waals surface area contributed by atoms with Gasteiger partial charge in [0.25, 0.3) is 0 Å². The van der Waals surface area contributed by atoms with Crippen molar-refractivity contribution in [2.24, 2.45) is 11.8 Å². The number of likely N-dealkylation sites (tertiary alicyclic amines) is 2. The number of hydrogen-bond acceptors (Lipinski definition) is 4. The van der Waals surface area contributed by atoms with Gasteiger partial charge in [0, 0.05) is 19.3 Å². The largest absolute Gasteiger partial charge is 0.287 e. The molecule has 3 aliphatic heterocycles. The van der Waals surface area contributed by atoms with E-state index in [1.165, 1.54) is 16.0 Å². The summed E-state index contributed by atoms with van der Waals surface area (Å²) in [6.45, 7) is 0.668. The second-order valence-electron chi connectivity index (χ2n) is 5.84. The van der Waals surface area contributed by atoms with E-state index in [1.807, 2.05) is 19.2 Å². The van der Waals surface area contributed by atoms with Crippen molar-refractivity contribution in [3.05, 3.63) is 35.4 Å². The van der Waals surface area contributed by atoms with Crippen LogP contribution in [0.15, 0.2) is 24.3 Å². The van der Waals surface area contributed by atoms with Crippen LogP contribution in [0.3, 0.4) is 0 Å². The van der Waals surface area contributed by atoms with Crippen molar-refractivity contribution in [3.8, 4) is 0 Å². The zero-order valence-electron chi connectivity index (χ0n) is 11.5. The number of imide groups is 1. The van der Waals surface area contributed by atoms with Gasteiger partial charge in [-0.1, -0.05) is 24.3 Å². The average Bonchev–Trinajstić information content (AvgIpc) is 3.04. The molecule has 1 aromatic rings. The monoisotopic (exact) mass is 288 g/mol. The van der Waals surface area contributed by atoms with Gasteiger partial charge in [0.2, 0.25) is 11.8 Å². The molecule has 1 aromatic carbocycles. The molecule has 1 spiro atoms. The van der Waals surface area contributed by atoms with Crippen molar-refractivity contribution in [1.29, 1.82) is 0 Å². The van der Waals surface area contributed by atoms with Crippen molar-refractivity contribution in [3.63, 3.8) is 0 Å². The smallest absolute Gasteiger partial charge is 0.236 e. The number of amides is 2. The Morgan fingerprint density at radius 2 is 1.95 bits per heavy atom. The summed E-state index contributed by atoms with van der Waals surface area (Å²) in [4.78, 5) is 28.0. The first-order valence-corrected chi connectivity index (χ1v) is 7.81. The molecule has 0 bridgehead atoms. The Morgan fingerprint density at radius 1 is 1.20 bits per heavy atom. The minimum atomic E-state index is -0.348. The number of nitrogens with zero attached hydrogens (tertiary/aromatic N) is 2. The summed E-state index contributed by atoms with van der Waals surface area (Å²) in [5.74, 6) is 0.451. The van der Waals surface area contributed by atoms with E-state index in [-0.39, 0.29) is 28.5 Å². The van der Waals surface area contributed by atoms with Gasteiger partial charge in [0.05, 0.1) is 11.8 Å². The number of benzene rings is 1. The van der Waals surface area contributed by atoms with E-state index >= 15 is 0 Å². The van der Waals surface area contributed by atoms with Crippen molar-refractivity contribution in [2.45, 2.75) is 10.6 Å². The van der Waals surface area contributed by atoms with Crippen LogP contribution in [0.5, 0.6) is 0 Å². The molecule has 3 atom stereocenters. The molecule has 3 aliphatic rings. The van der Waals surface area contributed by atoms with Gasteiger partial charge >= 0.3 is 0 Å². The van der Waals surface area contributed by atoms with Crippen LogP contribution >= 0.6 is 11.8 Å². The molecule has 3 heterocycles. The number of thioether (sulfide) groups is 1. The van der Waals surface area contributed by atoms with E-state index < -0.39 is 0 Å². The van der Waals surface area contributed by atoms with E-state index in [0.29, 0.717) is 6.54 Å². The van der Waals surface area contributed by atoms with Crippen LogP contribution in [0.1, 0.15) is 11.1 Å². The summed E-state index contributed by atoms with van der Waals surface area (Å²) >= 11 is 1.80. The molecule has 0 radical (unpaired) electrons. The predicted molar refractivity (Wildman–Crippen MR) is 76.8 cm³/mol. The summed E-state index contributed by atoms with van der Waals surface area (Å²) < 4.78 is 0. The fraction of sp³-hybridized carbons (Fsp3) is 0.467. The molecule has 2 amide bonds. The molecular formula is C15H16N2O2S. The Kier molecular flexibility index (Phi) is 2.40. The van der Waals surface area contributed by atoms with Gasteiger partial charge in [0.15, 0.2) is 0 Å². The van der Waals surface area contributed by atoms with Gasteiger partial charge in [0.1, 0.15) is 4.87 Å². The normalized spacial score (nSPS) is 36.0. The fourth-order valence-corrected chi connectivity index (χ4v) is 5.73. The molecule has 5 heteroatoms. The minimum Gasteiger partial charge on any atom is -0.287 e. The third kappa shape index (κ3) is 1.23. The van der Waals surface area contributed by atoms with E-state index in [4.69, 9.17) is 0 Å². The van der Waals surface area contributed by atoms with Crippen molar-refractivity contribution in [1.82, 2.24) is 9.80 Å². The van der Waals surface area contributed by atoms with Crippen LogP contribution in [0.4, 0.5) is 0 Å². The van der Waals surface area contributed by atoms with Gasteiger partial charge in [-0.05, 0) is 18.2 Å². The minimum absolute atomic E-state index is 0.0197. The summed E-state index contributed by atoms with van der Waals surface area (Å²) in [5.41, 5.74) is 2.51. The van der Waals surface area contributed by atoms with Crippen LogP contribution in [-0.4, -0.2) is 42.3 Å². The molecule has 2 saturated heterocycles. The zero-order valence-corrected chi connectivity index (χ0v) is 12.3. The van der Waals surface area contributed by atoms with E-state index in [9.17, 15) is 9.59 Å². The molecule has 4 nitrogen and oxygen atoms in total. The highest BCUT2D eigenvalue weighted by Gasteiger charge is 2.65. The van der Waals surface area contributed by atoms with E-state index in [1.54, 1.807) is 18.8 Å². The topological polar surface area (TPSA) is 40.6 Å².